The molecule has 0 amide bonds. The van der Waals surface area contributed by atoms with E-state index in [0.717, 1.165) is 17.8 Å². The second-order valence-corrected chi connectivity index (χ2v) is 11.6. The van der Waals surface area contributed by atoms with Gasteiger partial charge in [-0.25, -0.2) is 0 Å². The molecule has 0 aromatic heterocycles. The van der Waals surface area contributed by atoms with Crippen molar-refractivity contribution >= 4 is 0 Å². The highest BCUT2D eigenvalue weighted by molar-refractivity contribution is 5.31. The summed E-state index contributed by atoms with van der Waals surface area (Å²) in [6, 6.07) is 22.0. The lowest BCUT2D eigenvalue weighted by Crippen LogP contribution is -1.96. The molecule has 0 spiro atoms. The van der Waals surface area contributed by atoms with Gasteiger partial charge in [-0.15, -0.1) is 0 Å². The van der Waals surface area contributed by atoms with Gasteiger partial charge in [0.25, 0.3) is 0 Å². The van der Waals surface area contributed by atoms with Crippen molar-refractivity contribution in [2.45, 2.75) is 95.4 Å². The van der Waals surface area contributed by atoms with Crippen LogP contribution in [0, 0.1) is 52.4 Å². The number of hydrogen-bond donors (Lipinski definition) is 0. The first-order chi connectivity index (χ1) is 16.4. The molecule has 0 saturated carbocycles. The van der Waals surface area contributed by atoms with Gasteiger partial charge >= 0.3 is 0 Å². The fourth-order valence-corrected chi connectivity index (χ4v) is 4.25. The summed E-state index contributed by atoms with van der Waals surface area (Å²) in [6.07, 6.45) is 3.60. The van der Waals surface area contributed by atoms with E-state index in [4.69, 9.17) is 0 Å². The van der Waals surface area contributed by atoms with Crippen LogP contribution in [0.3, 0.4) is 0 Å². The van der Waals surface area contributed by atoms with Crippen LogP contribution in [0.2, 0.25) is 0 Å². The van der Waals surface area contributed by atoms with Crippen molar-refractivity contribution in [2.75, 3.05) is 0 Å². The van der Waals surface area contributed by atoms with Crippen LogP contribution in [0.4, 0.5) is 0 Å². The van der Waals surface area contributed by atoms with E-state index in [9.17, 15) is 0 Å². The summed E-state index contributed by atoms with van der Waals surface area (Å²) in [4.78, 5) is 0. The first kappa shape index (κ1) is 30.7. The molecule has 3 rings (SSSR count). The minimum absolute atomic E-state index is 0.755. The van der Waals surface area contributed by atoms with Crippen LogP contribution >= 0.6 is 0 Å². The maximum Gasteiger partial charge on any atom is -0.0253 e. The molecule has 0 saturated heterocycles. The zero-order chi connectivity index (χ0) is 26.5. The Balaban J connectivity index is 0.000000263. The van der Waals surface area contributed by atoms with Gasteiger partial charge in [-0.2, -0.15) is 0 Å². The largest absolute Gasteiger partial charge is 0.0625 e. The lowest BCUT2D eigenvalue weighted by atomic mass is 9.97. The van der Waals surface area contributed by atoms with Crippen molar-refractivity contribution in [3.8, 4) is 0 Å². The van der Waals surface area contributed by atoms with Gasteiger partial charge in [-0.3, -0.25) is 0 Å². The smallest absolute Gasteiger partial charge is 0.0253 e. The average Bonchev–Trinajstić information content (AvgIpc) is 2.75. The zero-order valence-corrected chi connectivity index (χ0v) is 24.6. The molecule has 0 heterocycles. The molecule has 0 radical (unpaired) electrons. The predicted octanol–water partition coefficient (Wildman–Crippen LogP) is 10.2. The molecule has 3 aromatic rings. The molecule has 35 heavy (non-hydrogen) atoms. The standard InChI is InChI=1S/2C12H18.C11H16/c1-9(2)7-12-6-5-10(3)8-11(12)4;1-9(2)7-12-8-10(3)5-6-11(12)4;1-9(2)8-11-7-5-4-6-10(11)3/h2*5-6,8-9H,7H2,1-4H3;4-7,9H,8H2,1-3H3. The minimum atomic E-state index is 0.755. The van der Waals surface area contributed by atoms with E-state index in [1.54, 1.807) is 0 Å². The van der Waals surface area contributed by atoms with Crippen LogP contribution in [0.25, 0.3) is 0 Å². The van der Waals surface area contributed by atoms with Crippen LogP contribution in [0.5, 0.6) is 0 Å². The van der Waals surface area contributed by atoms with Crippen LogP contribution in [0.15, 0.2) is 60.7 Å². The molecule has 0 aliphatic heterocycles. The number of rotatable bonds is 6. The van der Waals surface area contributed by atoms with Gasteiger partial charge in [0.15, 0.2) is 0 Å². The Kier molecular flexibility index (Phi) is 13.7. The lowest BCUT2D eigenvalue weighted by Gasteiger charge is -2.09. The third-order valence-corrected chi connectivity index (χ3v) is 6.15. The van der Waals surface area contributed by atoms with E-state index in [1.165, 1.54) is 63.8 Å². The number of aryl methyl sites for hydroxylation is 5. The summed E-state index contributed by atoms with van der Waals surface area (Å²) in [6.45, 7) is 24.4. The van der Waals surface area contributed by atoms with Gasteiger partial charge in [0, 0.05) is 0 Å². The summed E-state index contributed by atoms with van der Waals surface area (Å²) in [5, 5.41) is 0. The Morgan fingerprint density at radius 2 is 0.857 bits per heavy atom. The first-order valence-corrected chi connectivity index (χ1v) is 13.6. The SMILES string of the molecule is Cc1ccc(C)c(CC(C)C)c1.Cc1ccc(CC(C)C)c(C)c1.Cc1ccccc1CC(C)C. The molecule has 0 atom stereocenters. The van der Waals surface area contributed by atoms with Crippen molar-refractivity contribution in [1.29, 1.82) is 0 Å². The topological polar surface area (TPSA) is 0 Å². The third kappa shape index (κ3) is 12.8. The van der Waals surface area contributed by atoms with E-state index in [-0.39, 0.29) is 0 Å². The maximum absolute atomic E-state index is 2.30. The molecule has 0 bridgehead atoms. The molecule has 0 fully saturated rings. The fourth-order valence-electron chi connectivity index (χ4n) is 4.25. The monoisotopic (exact) mass is 472 g/mol. The van der Waals surface area contributed by atoms with Crippen LogP contribution in [0.1, 0.15) is 86.1 Å². The van der Waals surface area contributed by atoms with Gasteiger partial charge in [0.1, 0.15) is 0 Å². The van der Waals surface area contributed by atoms with Crippen molar-refractivity contribution in [1.82, 2.24) is 0 Å². The molecule has 0 nitrogen and oxygen atoms in total. The second kappa shape index (κ2) is 15.6. The average molecular weight is 473 g/mol. The van der Waals surface area contributed by atoms with E-state index in [1.807, 2.05) is 0 Å². The quantitative estimate of drug-likeness (QED) is 0.335. The highest BCUT2D eigenvalue weighted by Crippen LogP contribution is 2.16. The van der Waals surface area contributed by atoms with Gasteiger partial charge in [0.2, 0.25) is 0 Å². The van der Waals surface area contributed by atoms with Gasteiger partial charge < -0.3 is 0 Å². The van der Waals surface area contributed by atoms with Crippen LogP contribution < -0.4 is 0 Å². The van der Waals surface area contributed by atoms with Crippen molar-refractivity contribution < 1.29 is 0 Å². The summed E-state index contributed by atoms with van der Waals surface area (Å²) < 4.78 is 0. The third-order valence-electron chi connectivity index (χ3n) is 6.15. The van der Waals surface area contributed by atoms with Gasteiger partial charge in [-0.05, 0) is 105 Å². The summed E-state index contributed by atoms with van der Waals surface area (Å²) >= 11 is 0. The Morgan fingerprint density at radius 1 is 0.429 bits per heavy atom. The van der Waals surface area contributed by atoms with E-state index in [2.05, 4.69) is 137 Å². The van der Waals surface area contributed by atoms with Crippen molar-refractivity contribution in [3.63, 3.8) is 0 Å². The second-order valence-electron chi connectivity index (χ2n) is 11.6. The molecule has 0 unspecified atom stereocenters. The molecule has 3 aromatic carbocycles. The van der Waals surface area contributed by atoms with Gasteiger partial charge in [0.05, 0.1) is 0 Å². The van der Waals surface area contributed by atoms with Crippen molar-refractivity contribution in [2.24, 2.45) is 17.8 Å². The first-order valence-electron chi connectivity index (χ1n) is 13.6. The molecule has 0 aliphatic rings. The Morgan fingerprint density at radius 3 is 1.37 bits per heavy atom. The zero-order valence-electron chi connectivity index (χ0n) is 24.6. The van der Waals surface area contributed by atoms with Crippen LogP contribution in [-0.2, 0) is 19.3 Å². The number of hydrogen-bond acceptors (Lipinski definition) is 0. The summed E-state index contributed by atoms with van der Waals surface area (Å²) in [5.74, 6) is 2.27. The molecular weight excluding hydrogens is 420 g/mol. The Hall–Kier alpha value is -2.34. The highest BCUT2D eigenvalue weighted by Gasteiger charge is 2.02. The van der Waals surface area contributed by atoms with E-state index >= 15 is 0 Å². The van der Waals surface area contributed by atoms with E-state index in [0.29, 0.717) is 0 Å². The lowest BCUT2D eigenvalue weighted by molar-refractivity contribution is 0.644. The minimum Gasteiger partial charge on any atom is -0.0625 e. The van der Waals surface area contributed by atoms with Gasteiger partial charge in [-0.1, -0.05) is 113 Å². The molecule has 0 heteroatoms. The Bertz CT molecular complexity index is 1000. The molecule has 0 aliphatic carbocycles. The number of benzene rings is 3. The summed E-state index contributed by atoms with van der Waals surface area (Å²) in [7, 11) is 0. The fraction of sp³-hybridized carbons (Fsp3) is 0.486. The Labute approximate surface area is 218 Å². The normalized spacial score (nSPS) is 10.7. The predicted molar refractivity (Wildman–Crippen MR) is 159 cm³/mol. The van der Waals surface area contributed by atoms with Crippen molar-refractivity contribution in [3.05, 3.63) is 105 Å². The molecular formula is C35H52. The highest BCUT2D eigenvalue weighted by atomic mass is 14.1. The maximum atomic E-state index is 2.30. The molecule has 192 valence electrons. The van der Waals surface area contributed by atoms with Crippen LogP contribution in [-0.4, -0.2) is 0 Å². The molecule has 0 N–H and O–H groups in total. The summed E-state index contributed by atoms with van der Waals surface area (Å²) in [5.41, 5.74) is 11.5. The van der Waals surface area contributed by atoms with E-state index < -0.39 is 0 Å².